The zero-order valence-electron chi connectivity index (χ0n) is 12.6. The Labute approximate surface area is 138 Å². The quantitative estimate of drug-likeness (QED) is 0.763. The summed E-state index contributed by atoms with van der Waals surface area (Å²) < 4.78 is 1.09. The SMILES string of the molecule is O=C(Nc1nc2ccccc2s1)N1CC[C@@H](c2ccccc2)C1. The highest BCUT2D eigenvalue weighted by molar-refractivity contribution is 7.22. The van der Waals surface area contributed by atoms with Gasteiger partial charge in [0.15, 0.2) is 5.13 Å². The number of aromatic nitrogens is 1. The van der Waals surface area contributed by atoms with Crippen LogP contribution < -0.4 is 5.32 Å². The maximum atomic E-state index is 12.4. The third kappa shape index (κ3) is 2.92. The standard InChI is InChI=1S/C18H17N3OS/c22-18(20-17-19-15-8-4-5-9-16(15)23-17)21-11-10-14(12-21)13-6-2-1-3-7-13/h1-9,14H,10-12H2,(H,19,20,22)/t14-/m1/s1. The van der Waals surface area contributed by atoms with Crippen molar-refractivity contribution in [3.63, 3.8) is 0 Å². The Kier molecular flexibility index (Phi) is 3.71. The van der Waals surface area contributed by atoms with Gasteiger partial charge in [-0.3, -0.25) is 5.32 Å². The molecule has 1 aromatic heterocycles. The fourth-order valence-corrected chi connectivity index (χ4v) is 3.89. The third-order valence-electron chi connectivity index (χ3n) is 4.25. The Bertz CT molecular complexity index is 797. The minimum absolute atomic E-state index is 0.0533. The van der Waals surface area contributed by atoms with Crippen molar-refractivity contribution in [2.45, 2.75) is 12.3 Å². The van der Waals surface area contributed by atoms with Crippen LogP contribution in [-0.4, -0.2) is 29.0 Å². The lowest BCUT2D eigenvalue weighted by Crippen LogP contribution is -2.32. The van der Waals surface area contributed by atoms with Crippen LogP contribution in [0.4, 0.5) is 9.93 Å². The van der Waals surface area contributed by atoms with E-state index < -0.39 is 0 Å². The number of rotatable bonds is 2. The Balaban J connectivity index is 1.43. The largest absolute Gasteiger partial charge is 0.324 e. The summed E-state index contributed by atoms with van der Waals surface area (Å²) in [5, 5.41) is 3.61. The summed E-state index contributed by atoms with van der Waals surface area (Å²) in [6.07, 6.45) is 1.01. The van der Waals surface area contributed by atoms with E-state index in [1.807, 2.05) is 35.2 Å². The number of likely N-dealkylation sites (tertiary alicyclic amines) is 1. The van der Waals surface area contributed by atoms with Gasteiger partial charge in [-0.1, -0.05) is 53.8 Å². The summed E-state index contributed by atoms with van der Waals surface area (Å²) in [5.41, 5.74) is 2.24. The molecular weight excluding hydrogens is 306 g/mol. The summed E-state index contributed by atoms with van der Waals surface area (Å²) in [5.74, 6) is 0.428. The first-order chi connectivity index (χ1) is 11.3. The third-order valence-corrected chi connectivity index (χ3v) is 5.21. The number of carbonyl (C=O) groups excluding carboxylic acids is 1. The zero-order chi connectivity index (χ0) is 15.6. The van der Waals surface area contributed by atoms with Gasteiger partial charge in [0, 0.05) is 19.0 Å². The maximum absolute atomic E-state index is 12.4. The van der Waals surface area contributed by atoms with Gasteiger partial charge in [-0.15, -0.1) is 0 Å². The van der Waals surface area contributed by atoms with E-state index in [1.165, 1.54) is 16.9 Å². The Morgan fingerprint density at radius 2 is 1.91 bits per heavy atom. The van der Waals surface area contributed by atoms with Crippen molar-refractivity contribution in [1.82, 2.24) is 9.88 Å². The van der Waals surface area contributed by atoms with Crippen LogP contribution in [0.15, 0.2) is 54.6 Å². The van der Waals surface area contributed by atoms with Crippen LogP contribution in [0.25, 0.3) is 10.2 Å². The van der Waals surface area contributed by atoms with E-state index in [0.717, 1.165) is 29.7 Å². The average molecular weight is 323 g/mol. The van der Waals surface area contributed by atoms with Crippen LogP contribution in [0.2, 0.25) is 0 Å². The van der Waals surface area contributed by atoms with Crippen LogP contribution in [0, 0.1) is 0 Å². The van der Waals surface area contributed by atoms with Crippen LogP contribution >= 0.6 is 11.3 Å². The Morgan fingerprint density at radius 1 is 1.13 bits per heavy atom. The van der Waals surface area contributed by atoms with Crippen LogP contribution in [0.3, 0.4) is 0 Å². The fourth-order valence-electron chi connectivity index (χ4n) is 3.04. The molecule has 0 spiro atoms. The van der Waals surface area contributed by atoms with Crippen LogP contribution in [0.1, 0.15) is 17.9 Å². The Morgan fingerprint density at radius 3 is 2.74 bits per heavy atom. The number of para-hydroxylation sites is 1. The number of hydrogen-bond donors (Lipinski definition) is 1. The van der Waals surface area contributed by atoms with Gasteiger partial charge in [-0.05, 0) is 24.1 Å². The molecule has 0 aliphatic carbocycles. The van der Waals surface area contributed by atoms with Crippen molar-refractivity contribution in [1.29, 1.82) is 0 Å². The molecule has 1 saturated heterocycles. The minimum Gasteiger partial charge on any atom is -0.324 e. The molecule has 4 rings (SSSR count). The second-order valence-corrected chi connectivity index (χ2v) is 6.79. The molecule has 0 saturated carbocycles. The molecular formula is C18H17N3OS. The summed E-state index contributed by atoms with van der Waals surface area (Å²) in [6.45, 7) is 1.55. The van der Waals surface area contributed by atoms with E-state index in [0.29, 0.717) is 11.0 Å². The zero-order valence-corrected chi connectivity index (χ0v) is 13.4. The number of benzene rings is 2. The molecule has 2 aromatic carbocycles. The van der Waals surface area contributed by atoms with Crippen molar-refractivity contribution in [2.75, 3.05) is 18.4 Å². The van der Waals surface area contributed by atoms with Crippen molar-refractivity contribution in [3.8, 4) is 0 Å². The lowest BCUT2D eigenvalue weighted by atomic mass is 9.99. The first-order valence-corrected chi connectivity index (χ1v) is 8.58. The molecule has 116 valence electrons. The molecule has 0 unspecified atom stereocenters. The van der Waals surface area contributed by atoms with Gasteiger partial charge in [-0.25, -0.2) is 9.78 Å². The summed E-state index contributed by atoms with van der Waals surface area (Å²) in [7, 11) is 0. The van der Waals surface area contributed by atoms with E-state index in [9.17, 15) is 4.79 Å². The monoisotopic (exact) mass is 323 g/mol. The van der Waals surface area contributed by atoms with Crippen molar-refractivity contribution < 1.29 is 4.79 Å². The first-order valence-electron chi connectivity index (χ1n) is 7.76. The van der Waals surface area contributed by atoms with E-state index >= 15 is 0 Å². The molecule has 1 fully saturated rings. The molecule has 2 heterocycles. The highest BCUT2D eigenvalue weighted by Gasteiger charge is 2.27. The fraction of sp³-hybridized carbons (Fsp3) is 0.222. The number of nitrogens with one attached hydrogen (secondary N) is 1. The van der Waals surface area contributed by atoms with Gasteiger partial charge in [-0.2, -0.15) is 0 Å². The summed E-state index contributed by atoms with van der Waals surface area (Å²) in [4.78, 5) is 18.8. The van der Waals surface area contributed by atoms with Gasteiger partial charge in [0.05, 0.1) is 10.2 Å². The number of anilines is 1. The molecule has 0 radical (unpaired) electrons. The maximum Gasteiger partial charge on any atom is 0.323 e. The smallest absolute Gasteiger partial charge is 0.323 e. The molecule has 1 atom stereocenters. The van der Waals surface area contributed by atoms with Crippen molar-refractivity contribution in [3.05, 3.63) is 60.2 Å². The molecule has 1 aliphatic heterocycles. The van der Waals surface area contributed by atoms with Gasteiger partial charge in [0.2, 0.25) is 0 Å². The Hall–Kier alpha value is -2.40. The van der Waals surface area contributed by atoms with Crippen molar-refractivity contribution >= 4 is 32.7 Å². The number of nitrogens with zero attached hydrogens (tertiary/aromatic N) is 2. The van der Waals surface area contributed by atoms with E-state index in [2.05, 4.69) is 34.6 Å². The van der Waals surface area contributed by atoms with Gasteiger partial charge in [0.25, 0.3) is 0 Å². The second-order valence-electron chi connectivity index (χ2n) is 5.76. The number of fused-ring (bicyclic) bond motifs is 1. The molecule has 0 bridgehead atoms. The number of amides is 2. The molecule has 1 N–H and O–H groups in total. The molecule has 1 aliphatic rings. The topological polar surface area (TPSA) is 45.2 Å². The lowest BCUT2D eigenvalue weighted by Gasteiger charge is -2.16. The van der Waals surface area contributed by atoms with E-state index in [4.69, 9.17) is 0 Å². The summed E-state index contributed by atoms with van der Waals surface area (Å²) in [6, 6.07) is 18.3. The highest BCUT2D eigenvalue weighted by Crippen LogP contribution is 2.29. The molecule has 3 aromatic rings. The molecule has 5 heteroatoms. The average Bonchev–Trinajstić information content (AvgIpc) is 3.22. The second kappa shape index (κ2) is 6.01. The van der Waals surface area contributed by atoms with Gasteiger partial charge in [0.1, 0.15) is 0 Å². The van der Waals surface area contributed by atoms with Crippen LogP contribution in [-0.2, 0) is 0 Å². The lowest BCUT2D eigenvalue weighted by molar-refractivity contribution is 0.222. The molecule has 4 nitrogen and oxygen atoms in total. The normalized spacial score (nSPS) is 17.6. The number of urea groups is 1. The van der Waals surface area contributed by atoms with E-state index in [-0.39, 0.29) is 6.03 Å². The molecule has 23 heavy (non-hydrogen) atoms. The van der Waals surface area contributed by atoms with Gasteiger partial charge < -0.3 is 4.90 Å². The minimum atomic E-state index is -0.0533. The number of thiazole rings is 1. The van der Waals surface area contributed by atoms with E-state index in [1.54, 1.807) is 0 Å². The molecule has 2 amide bonds. The predicted octanol–water partition coefficient (Wildman–Crippen LogP) is 4.32. The van der Waals surface area contributed by atoms with Gasteiger partial charge >= 0.3 is 6.03 Å². The number of carbonyl (C=O) groups is 1. The predicted molar refractivity (Wildman–Crippen MR) is 94.0 cm³/mol. The van der Waals surface area contributed by atoms with Crippen molar-refractivity contribution in [2.24, 2.45) is 0 Å². The first kappa shape index (κ1) is 14.2. The summed E-state index contributed by atoms with van der Waals surface area (Å²) >= 11 is 1.51. The highest BCUT2D eigenvalue weighted by atomic mass is 32.1. The number of hydrogen-bond acceptors (Lipinski definition) is 3. The van der Waals surface area contributed by atoms with Crippen LogP contribution in [0.5, 0.6) is 0 Å².